The number of ether oxygens (including phenoxy) is 5. The zero-order valence-electron chi connectivity index (χ0n) is 48.0. The first-order chi connectivity index (χ1) is 37.8. The molecule has 0 aromatic heterocycles. The summed E-state index contributed by atoms with van der Waals surface area (Å²) in [5, 5.41) is 0.622. The number of anilines is 1. The SMILES string of the molecule is COCCOCCOCCOCC[N+](CCCS(=O)(=O)[O-])=c1ccc2c(C(C)(C)C)cc(/C=C/C=C3/N(CCCCCC(=O)Oc4c(F)c(F)c(S(=O)(=O)[O-])c(F)c4F)c4ccc(S(=O)(=O)[O-])cc4C3(C)CCCS(=O)(=O)[O-])oc-2c1.[Na+].[Na+].[Na+]. The molecule has 0 N–H and O–H groups in total. The van der Waals surface area contributed by atoms with Crippen molar-refractivity contribution < 1.29 is 191 Å². The standard InChI is InChI=1S/C52H66F4N2O19S4.3Na/c1-51(2,3)39-33-36(76-42-32-35(15-17-38(39)42)57(20-11-31-79(63,64)65)22-23-73-26-27-75-29-28-74-25-24-72-5)12-9-13-43-52(4,19-10-30-78(60,61)62)40-34-37(80(66,67)68)16-18-41(40)58(43)21-8-6-7-14-44(59)77-49-45(53)47(55)50(81(69,70)71)48(56)46(49)54;;;/h9,12-13,15-18,32-34H,6-8,10-11,14,19-31H2,1-5H3,(H3-,60,61,62,63,64,65,66,67,68,69,70,71);;;/q;3*+1/p-3. The summed E-state index contributed by atoms with van der Waals surface area (Å²) in [7, 11) is -18.7. The fourth-order valence-electron chi connectivity index (χ4n) is 9.06. The predicted octanol–water partition coefficient (Wildman–Crippen LogP) is -3.37. The zero-order valence-corrected chi connectivity index (χ0v) is 57.3. The van der Waals surface area contributed by atoms with Crippen LogP contribution in [0.25, 0.3) is 17.4 Å². The summed E-state index contributed by atoms with van der Waals surface area (Å²) in [5.74, 6) is -13.9. The second kappa shape index (κ2) is 34.1. The minimum absolute atomic E-state index is 0. The Morgan fingerprint density at radius 2 is 1.29 bits per heavy atom. The van der Waals surface area contributed by atoms with E-state index in [1.807, 2.05) is 43.5 Å². The second-order valence-electron chi connectivity index (χ2n) is 20.0. The number of unbranched alkanes of at least 4 members (excludes halogenated alkanes) is 2. The van der Waals surface area contributed by atoms with Gasteiger partial charge in [-0.2, -0.15) is 8.78 Å². The van der Waals surface area contributed by atoms with Crippen LogP contribution in [0.4, 0.5) is 23.2 Å². The van der Waals surface area contributed by atoms with Crippen LogP contribution in [0, 0.1) is 23.3 Å². The van der Waals surface area contributed by atoms with Gasteiger partial charge in [-0.1, -0.05) is 33.3 Å². The number of allylic oxidation sites excluding steroid dienone is 3. The Kier molecular flexibility index (Phi) is 31.7. The Hall–Kier alpha value is -2.18. The average Bonchev–Trinajstić information content (AvgIpc) is 2.61. The molecule has 2 heterocycles. The van der Waals surface area contributed by atoms with Crippen molar-refractivity contribution in [3.63, 3.8) is 0 Å². The average molecular weight is 1290 g/mol. The van der Waals surface area contributed by atoms with E-state index in [-0.39, 0.29) is 154 Å². The molecule has 0 bridgehead atoms. The van der Waals surface area contributed by atoms with E-state index in [2.05, 4.69) is 4.74 Å². The topological polar surface area (TPSA) is 311 Å². The van der Waals surface area contributed by atoms with Gasteiger partial charge in [0, 0.05) is 66.4 Å². The summed E-state index contributed by atoms with van der Waals surface area (Å²) in [6.07, 6.45) is 4.36. The molecule has 1 aliphatic carbocycles. The third-order valence-corrected chi connectivity index (χ3v) is 16.2. The summed E-state index contributed by atoms with van der Waals surface area (Å²) < 4.78 is 233. The van der Waals surface area contributed by atoms with Crippen LogP contribution in [0.2, 0.25) is 0 Å². The van der Waals surface area contributed by atoms with Crippen molar-refractivity contribution in [1.82, 2.24) is 4.58 Å². The molecule has 0 radical (unpaired) electrons. The summed E-state index contributed by atoms with van der Waals surface area (Å²) in [6, 6.07) is 10.9. The summed E-state index contributed by atoms with van der Waals surface area (Å²) >= 11 is 0. The fourth-order valence-corrected chi connectivity index (χ4v) is 11.2. The third kappa shape index (κ3) is 22.7. The van der Waals surface area contributed by atoms with Gasteiger partial charge in [0.05, 0.1) is 70.8 Å². The first-order valence-corrected chi connectivity index (χ1v) is 31.3. The number of rotatable bonds is 31. The third-order valence-electron chi connectivity index (χ3n) is 12.9. The maximum absolute atomic E-state index is 14.6. The number of methoxy groups -OCH3 is 1. The van der Waals surface area contributed by atoms with Crippen LogP contribution in [0.5, 0.6) is 5.75 Å². The minimum atomic E-state index is -6.02. The number of carbonyl (C=O) groups is 1. The van der Waals surface area contributed by atoms with Gasteiger partial charge in [0.1, 0.15) is 49.8 Å². The maximum Gasteiger partial charge on any atom is 1.00 e. The quantitative estimate of drug-likeness (QED) is 0.00694. The first-order valence-electron chi connectivity index (χ1n) is 25.3. The molecule has 0 amide bonds. The van der Waals surface area contributed by atoms with Gasteiger partial charge < -0.3 is 51.2 Å². The van der Waals surface area contributed by atoms with Gasteiger partial charge >= 0.3 is 94.6 Å². The van der Waals surface area contributed by atoms with Gasteiger partial charge in [0.15, 0.2) is 18.2 Å². The van der Waals surface area contributed by atoms with Crippen molar-refractivity contribution in [3.05, 3.63) is 106 Å². The molecule has 0 saturated heterocycles. The largest absolute Gasteiger partial charge is 1.00 e. The zero-order chi connectivity index (χ0) is 60.1. The van der Waals surface area contributed by atoms with E-state index in [0.717, 1.165) is 17.2 Å². The van der Waals surface area contributed by atoms with Crippen LogP contribution in [-0.4, -0.2) is 142 Å². The van der Waals surface area contributed by atoms with Crippen LogP contribution in [0.3, 0.4) is 0 Å². The van der Waals surface area contributed by atoms with Crippen LogP contribution >= 0.6 is 0 Å². The molecule has 5 rings (SSSR count). The maximum atomic E-state index is 14.6. The second-order valence-corrected chi connectivity index (χ2v) is 25.7. The number of carbonyl (C=O) groups excluding carboxylic acids is 1. The van der Waals surface area contributed by atoms with Gasteiger partial charge in [-0.25, -0.2) is 47.0 Å². The Morgan fingerprint density at radius 1 is 0.702 bits per heavy atom. The summed E-state index contributed by atoms with van der Waals surface area (Å²) in [4.78, 5) is 11.4. The van der Waals surface area contributed by atoms with E-state index in [1.54, 1.807) is 43.2 Å². The van der Waals surface area contributed by atoms with Gasteiger partial charge in [-0.3, -0.25) is 4.79 Å². The molecular formula is C52H63F4N2Na3O19S4. The van der Waals surface area contributed by atoms with Gasteiger partial charge in [-0.15, -0.1) is 0 Å². The van der Waals surface area contributed by atoms with Crippen molar-refractivity contribution in [2.24, 2.45) is 0 Å². The summed E-state index contributed by atoms with van der Waals surface area (Å²) in [5.41, 5.74) is 0.976. The molecule has 450 valence electrons. The van der Waals surface area contributed by atoms with Crippen LogP contribution in [0.15, 0.2) is 74.5 Å². The molecule has 1 atom stereocenters. The van der Waals surface area contributed by atoms with E-state index in [0.29, 0.717) is 73.4 Å². The van der Waals surface area contributed by atoms with Crippen LogP contribution in [0.1, 0.15) is 89.5 Å². The number of esters is 1. The van der Waals surface area contributed by atoms with E-state index >= 15 is 0 Å². The Labute approximate surface area is 553 Å². The van der Waals surface area contributed by atoms with Crippen molar-refractivity contribution in [2.45, 2.75) is 93.3 Å². The molecule has 2 aromatic rings. The fraction of sp³-hybridized carbons (Fsp3) is 0.500. The number of hydrogen-bond acceptors (Lipinski definition) is 20. The number of benzene rings is 3. The molecule has 0 spiro atoms. The van der Waals surface area contributed by atoms with E-state index < -0.39 is 114 Å². The smallest absolute Gasteiger partial charge is 0.748 e. The molecular weight excluding hydrogens is 1230 g/mol. The number of halogens is 4. The van der Waals surface area contributed by atoms with Crippen molar-refractivity contribution in [3.8, 4) is 17.1 Å². The Balaban J connectivity index is 0.00000803. The monoisotopic (exact) mass is 1290 g/mol. The number of fused-ring (bicyclic) bond motifs is 2. The normalized spacial score (nSPS) is 15.7. The molecule has 0 saturated carbocycles. The van der Waals surface area contributed by atoms with Crippen molar-refractivity contribution in [1.29, 1.82) is 0 Å². The van der Waals surface area contributed by atoms with Crippen molar-refractivity contribution in [2.75, 3.05) is 89.4 Å². The molecule has 84 heavy (non-hydrogen) atoms. The van der Waals surface area contributed by atoms with E-state index in [9.17, 15) is 74.2 Å². The van der Waals surface area contributed by atoms with Gasteiger partial charge in [-0.05, 0) is 91.6 Å². The van der Waals surface area contributed by atoms with E-state index in [4.69, 9.17) is 23.4 Å². The molecule has 32 heteroatoms. The molecule has 2 aromatic carbocycles. The minimum Gasteiger partial charge on any atom is -0.748 e. The van der Waals surface area contributed by atoms with Crippen molar-refractivity contribution >= 4 is 58.2 Å². The van der Waals surface area contributed by atoms with Crippen LogP contribution < -0.4 is 108 Å². The predicted molar refractivity (Wildman–Crippen MR) is 281 cm³/mol. The molecule has 21 nitrogen and oxygen atoms in total. The van der Waals surface area contributed by atoms with Crippen LogP contribution in [-0.2, 0) is 75.0 Å². The first kappa shape index (κ1) is 77.9. The van der Waals surface area contributed by atoms with Gasteiger partial charge in [0.2, 0.25) is 22.7 Å². The molecule has 3 aliphatic rings. The Morgan fingerprint density at radius 3 is 1.85 bits per heavy atom. The molecule has 2 aliphatic heterocycles. The molecule has 1 unspecified atom stereocenters. The number of hydrogen-bond donors (Lipinski definition) is 0. The summed E-state index contributed by atoms with van der Waals surface area (Å²) in [6.45, 7) is 10.6. The van der Waals surface area contributed by atoms with Gasteiger partial charge in [0.25, 0.3) is 0 Å². The number of nitrogens with zero attached hydrogens (tertiary/aromatic N) is 2. The van der Waals surface area contributed by atoms with E-state index in [1.165, 1.54) is 12.1 Å². The molecule has 0 fully saturated rings. The Bertz CT molecular complexity index is 3450.